The molecule has 0 spiro atoms. The molecule has 0 heterocycles. The lowest BCUT2D eigenvalue weighted by atomic mass is 9.83. The van der Waals surface area contributed by atoms with E-state index in [0.717, 1.165) is 0 Å². The van der Waals surface area contributed by atoms with Crippen molar-refractivity contribution in [3.05, 3.63) is 0 Å². The van der Waals surface area contributed by atoms with Crippen LogP contribution in [0, 0.1) is 11.3 Å². The molecule has 2 unspecified atom stereocenters. The van der Waals surface area contributed by atoms with Crippen LogP contribution in [0.5, 0.6) is 0 Å². The van der Waals surface area contributed by atoms with Crippen LogP contribution in [0.3, 0.4) is 0 Å². The van der Waals surface area contributed by atoms with E-state index in [1.807, 2.05) is 6.92 Å². The SMILES string of the molecule is CC(CO[PH](=O)O)C(C)(C)C. The highest BCUT2D eigenvalue weighted by molar-refractivity contribution is 7.32. The fraction of sp³-hybridized carbons (Fsp3) is 1.00. The van der Waals surface area contributed by atoms with Crippen LogP contribution in [0.25, 0.3) is 0 Å². The van der Waals surface area contributed by atoms with Crippen molar-refractivity contribution in [2.75, 3.05) is 6.61 Å². The largest absolute Gasteiger partial charge is 0.326 e. The summed E-state index contributed by atoms with van der Waals surface area (Å²) in [6, 6.07) is 0. The quantitative estimate of drug-likeness (QED) is 0.676. The molecule has 0 saturated carbocycles. The molecule has 0 aliphatic carbocycles. The van der Waals surface area contributed by atoms with Gasteiger partial charge in [-0.2, -0.15) is 0 Å². The minimum absolute atomic E-state index is 0.136. The Kier molecular flexibility index (Phi) is 4.30. The van der Waals surface area contributed by atoms with Gasteiger partial charge in [-0.3, -0.25) is 4.57 Å². The third kappa shape index (κ3) is 5.42. The third-order valence-electron chi connectivity index (χ3n) is 1.94. The maximum Gasteiger partial charge on any atom is 0.316 e. The third-order valence-corrected chi connectivity index (χ3v) is 2.35. The molecule has 1 N–H and O–H groups in total. The molecule has 68 valence electrons. The molecule has 3 nitrogen and oxygen atoms in total. The van der Waals surface area contributed by atoms with Crippen LogP contribution in [0.4, 0.5) is 0 Å². The maximum absolute atomic E-state index is 10.2. The van der Waals surface area contributed by atoms with Crippen molar-refractivity contribution in [1.29, 1.82) is 0 Å². The monoisotopic (exact) mass is 180 g/mol. The zero-order valence-corrected chi connectivity index (χ0v) is 8.55. The summed E-state index contributed by atoms with van der Waals surface area (Å²) in [4.78, 5) is 8.39. The zero-order valence-electron chi connectivity index (χ0n) is 7.55. The van der Waals surface area contributed by atoms with Crippen molar-refractivity contribution in [3.63, 3.8) is 0 Å². The van der Waals surface area contributed by atoms with Gasteiger partial charge in [0.05, 0.1) is 6.61 Å². The lowest BCUT2D eigenvalue weighted by Crippen LogP contribution is -2.21. The summed E-state index contributed by atoms with van der Waals surface area (Å²) < 4.78 is 14.8. The zero-order chi connectivity index (χ0) is 9.07. The lowest BCUT2D eigenvalue weighted by Gasteiger charge is -2.26. The first-order valence-corrected chi connectivity index (χ1v) is 4.96. The molecular weight excluding hydrogens is 163 g/mol. The van der Waals surface area contributed by atoms with Gasteiger partial charge in [0, 0.05) is 0 Å². The average Bonchev–Trinajstić information content (AvgIpc) is 1.80. The van der Waals surface area contributed by atoms with Crippen LogP contribution in [0.15, 0.2) is 0 Å². The topological polar surface area (TPSA) is 46.5 Å². The van der Waals surface area contributed by atoms with Crippen LogP contribution in [0.2, 0.25) is 0 Å². The van der Waals surface area contributed by atoms with Gasteiger partial charge < -0.3 is 9.42 Å². The van der Waals surface area contributed by atoms with E-state index in [2.05, 4.69) is 25.3 Å². The Labute approximate surface area is 68.7 Å². The predicted molar refractivity (Wildman–Crippen MR) is 45.8 cm³/mol. The molecule has 0 amide bonds. The Morgan fingerprint density at radius 3 is 2.27 bits per heavy atom. The van der Waals surface area contributed by atoms with Gasteiger partial charge in [0.25, 0.3) is 0 Å². The summed E-state index contributed by atoms with van der Waals surface area (Å²) >= 11 is 0. The van der Waals surface area contributed by atoms with Crippen LogP contribution < -0.4 is 0 Å². The summed E-state index contributed by atoms with van der Waals surface area (Å²) in [6.45, 7) is 8.60. The van der Waals surface area contributed by atoms with E-state index in [1.54, 1.807) is 0 Å². The minimum atomic E-state index is -2.74. The standard InChI is InChI=1S/C7H17O3P/c1-6(7(2,3)4)5-10-11(8)9/h6,11H,5H2,1-4H3,(H,8,9). The maximum atomic E-state index is 10.2. The number of hydrogen-bond donors (Lipinski definition) is 1. The molecule has 0 fully saturated rings. The molecule has 0 saturated heterocycles. The molecule has 0 aliphatic rings. The van der Waals surface area contributed by atoms with E-state index in [4.69, 9.17) is 4.89 Å². The molecule has 0 aliphatic heterocycles. The number of hydrogen-bond acceptors (Lipinski definition) is 2. The van der Waals surface area contributed by atoms with E-state index in [9.17, 15) is 4.57 Å². The van der Waals surface area contributed by atoms with Crippen molar-refractivity contribution in [2.45, 2.75) is 27.7 Å². The van der Waals surface area contributed by atoms with Gasteiger partial charge in [-0.15, -0.1) is 0 Å². The highest BCUT2D eigenvalue weighted by Crippen LogP contribution is 2.28. The number of rotatable bonds is 3. The molecule has 0 rings (SSSR count). The average molecular weight is 180 g/mol. The fourth-order valence-electron chi connectivity index (χ4n) is 0.446. The van der Waals surface area contributed by atoms with E-state index in [-0.39, 0.29) is 5.41 Å². The molecule has 0 aromatic rings. The van der Waals surface area contributed by atoms with Crippen molar-refractivity contribution in [1.82, 2.24) is 0 Å². The Morgan fingerprint density at radius 1 is 1.55 bits per heavy atom. The summed E-state index contributed by atoms with van der Waals surface area (Å²) in [7, 11) is -2.74. The molecular formula is C7H17O3P. The van der Waals surface area contributed by atoms with E-state index in [1.165, 1.54) is 0 Å². The van der Waals surface area contributed by atoms with Crippen LogP contribution >= 0.6 is 8.25 Å². The smallest absolute Gasteiger partial charge is 0.316 e. The Balaban J connectivity index is 3.70. The fourth-order valence-corrected chi connectivity index (χ4v) is 0.839. The molecule has 2 atom stereocenters. The summed E-state index contributed by atoms with van der Waals surface area (Å²) in [5.74, 6) is 0.295. The molecule has 11 heavy (non-hydrogen) atoms. The Bertz CT molecular complexity index is 139. The highest BCUT2D eigenvalue weighted by atomic mass is 31.1. The summed E-state index contributed by atoms with van der Waals surface area (Å²) in [5, 5.41) is 0. The Morgan fingerprint density at radius 2 is 2.00 bits per heavy atom. The van der Waals surface area contributed by atoms with Crippen molar-refractivity contribution in [2.24, 2.45) is 11.3 Å². The first-order chi connectivity index (χ1) is 4.84. The van der Waals surface area contributed by atoms with Gasteiger partial charge in [-0.1, -0.05) is 27.7 Å². The minimum Gasteiger partial charge on any atom is -0.326 e. The van der Waals surface area contributed by atoms with Gasteiger partial charge in [-0.05, 0) is 11.3 Å². The van der Waals surface area contributed by atoms with Crippen LogP contribution in [-0.4, -0.2) is 11.5 Å². The molecule has 4 heteroatoms. The highest BCUT2D eigenvalue weighted by Gasteiger charge is 2.20. The molecule has 0 aromatic heterocycles. The van der Waals surface area contributed by atoms with Gasteiger partial charge in [0.15, 0.2) is 0 Å². The summed E-state index contributed by atoms with van der Waals surface area (Å²) in [6.07, 6.45) is 0. The van der Waals surface area contributed by atoms with Crippen molar-refractivity contribution >= 4 is 8.25 Å². The van der Waals surface area contributed by atoms with E-state index >= 15 is 0 Å². The van der Waals surface area contributed by atoms with E-state index < -0.39 is 8.25 Å². The second kappa shape index (κ2) is 4.24. The molecule has 0 radical (unpaired) electrons. The second-order valence-corrected chi connectivity index (χ2v) is 4.66. The predicted octanol–water partition coefficient (Wildman–Crippen LogP) is 2.07. The normalized spacial score (nSPS) is 17.9. The first kappa shape index (κ1) is 11.2. The van der Waals surface area contributed by atoms with Gasteiger partial charge in [-0.25, -0.2) is 0 Å². The summed E-state index contributed by atoms with van der Waals surface area (Å²) in [5.41, 5.74) is 0.136. The van der Waals surface area contributed by atoms with Gasteiger partial charge in [0.2, 0.25) is 0 Å². The van der Waals surface area contributed by atoms with E-state index in [0.29, 0.717) is 12.5 Å². The van der Waals surface area contributed by atoms with Gasteiger partial charge in [0.1, 0.15) is 0 Å². The second-order valence-electron chi connectivity index (χ2n) is 3.84. The van der Waals surface area contributed by atoms with Crippen molar-refractivity contribution < 1.29 is 14.0 Å². The molecule has 0 bridgehead atoms. The van der Waals surface area contributed by atoms with Gasteiger partial charge >= 0.3 is 8.25 Å². The van der Waals surface area contributed by atoms with Crippen molar-refractivity contribution in [3.8, 4) is 0 Å². The first-order valence-electron chi connectivity index (χ1n) is 3.69. The van der Waals surface area contributed by atoms with Crippen LogP contribution in [0.1, 0.15) is 27.7 Å². The van der Waals surface area contributed by atoms with Crippen LogP contribution in [-0.2, 0) is 9.09 Å². The molecule has 0 aromatic carbocycles. The lowest BCUT2D eigenvalue weighted by molar-refractivity contribution is 0.156. The Hall–Kier alpha value is 0.150.